The average molecular weight is 407 g/mol. The Morgan fingerprint density at radius 1 is 1.03 bits per heavy atom. The van der Waals surface area contributed by atoms with Gasteiger partial charge >= 0.3 is 5.97 Å². The highest BCUT2D eigenvalue weighted by molar-refractivity contribution is 7.15. The maximum Gasteiger partial charge on any atom is 0.357 e. The van der Waals surface area contributed by atoms with Crippen molar-refractivity contribution in [3.8, 4) is 0 Å². The number of benzene rings is 1. The summed E-state index contributed by atoms with van der Waals surface area (Å²) in [5.74, 6) is -0.915. The monoisotopic (exact) mass is 407 g/mol. The van der Waals surface area contributed by atoms with Gasteiger partial charge in [-0.2, -0.15) is 0 Å². The maximum absolute atomic E-state index is 13.0. The number of aryl methyl sites for hydroxylation is 2. The lowest BCUT2D eigenvalue weighted by atomic mass is 10.0. The maximum atomic E-state index is 13.0. The largest absolute Gasteiger partial charge is 0.451 e. The molecule has 0 unspecified atom stereocenters. The highest BCUT2D eigenvalue weighted by Gasteiger charge is 2.24. The minimum Gasteiger partial charge on any atom is -0.451 e. The summed E-state index contributed by atoms with van der Waals surface area (Å²) in [5.41, 5.74) is 2.26. The van der Waals surface area contributed by atoms with Gasteiger partial charge in [-0.1, -0.05) is 36.4 Å². The fraction of sp³-hybridized carbons (Fsp3) is 0.273. The molecular formula is C22H21N3O3S. The lowest BCUT2D eigenvalue weighted by Gasteiger charge is -2.20. The quantitative estimate of drug-likeness (QED) is 0.581. The van der Waals surface area contributed by atoms with Crippen LogP contribution in [-0.4, -0.2) is 28.5 Å². The summed E-state index contributed by atoms with van der Waals surface area (Å²) in [4.78, 5) is 36.7. The van der Waals surface area contributed by atoms with Crippen LogP contribution in [0.15, 0.2) is 54.7 Å². The van der Waals surface area contributed by atoms with Gasteiger partial charge in [-0.15, -0.1) is 11.3 Å². The van der Waals surface area contributed by atoms with Crippen molar-refractivity contribution >= 4 is 28.3 Å². The summed E-state index contributed by atoms with van der Waals surface area (Å²) in [6, 6.07) is 14.7. The predicted molar refractivity (Wildman–Crippen MR) is 111 cm³/mol. The van der Waals surface area contributed by atoms with E-state index >= 15 is 0 Å². The number of rotatable bonds is 6. The number of carbonyl (C=O) groups is 2. The molecule has 0 saturated carbocycles. The molecule has 0 bridgehead atoms. The SMILES string of the molecule is O=C(OCC(=O)N(Cc1ccccc1)c1nc2c(s1)CCCC2)c1ccccn1. The van der Waals surface area contributed by atoms with Crippen molar-refractivity contribution in [3.05, 3.63) is 76.6 Å². The first-order chi connectivity index (χ1) is 14.2. The molecule has 0 N–H and O–H groups in total. The second kappa shape index (κ2) is 8.96. The Labute approximate surface area is 173 Å². The number of carbonyl (C=O) groups excluding carboxylic acids is 2. The van der Waals surface area contributed by atoms with Crippen LogP contribution in [0.3, 0.4) is 0 Å². The van der Waals surface area contributed by atoms with Crippen LogP contribution in [0.4, 0.5) is 5.13 Å². The van der Waals surface area contributed by atoms with E-state index in [2.05, 4.69) is 4.98 Å². The molecular weight excluding hydrogens is 386 g/mol. The van der Waals surface area contributed by atoms with Gasteiger partial charge in [0.2, 0.25) is 0 Å². The van der Waals surface area contributed by atoms with Gasteiger partial charge < -0.3 is 4.74 Å². The lowest BCUT2D eigenvalue weighted by Crippen LogP contribution is -2.34. The molecule has 2 heterocycles. The van der Waals surface area contributed by atoms with Crippen molar-refractivity contribution < 1.29 is 14.3 Å². The Hall–Kier alpha value is -3.06. The van der Waals surface area contributed by atoms with Gasteiger partial charge in [-0.3, -0.25) is 9.69 Å². The van der Waals surface area contributed by atoms with Crippen LogP contribution in [0.1, 0.15) is 39.5 Å². The molecule has 0 saturated heterocycles. The number of anilines is 1. The topological polar surface area (TPSA) is 72.4 Å². The fourth-order valence-electron chi connectivity index (χ4n) is 3.24. The zero-order valence-corrected chi connectivity index (χ0v) is 16.7. The lowest BCUT2D eigenvalue weighted by molar-refractivity contribution is -0.121. The second-order valence-electron chi connectivity index (χ2n) is 6.83. The van der Waals surface area contributed by atoms with E-state index in [1.165, 1.54) is 11.1 Å². The Balaban J connectivity index is 1.52. The van der Waals surface area contributed by atoms with Crippen LogP contribution < -0.4 is 4.90 Å². The Bertz CT molecular complexity index is 966. The first-order valence-electron chi connectivity index (χ1n) is 9.62. The van der Waals surface area contributed by atoms with Gasteiger partial charge in [0.25, 0.3) is 5.91 Å². The van der Waals surface area contributed by atoms with E-state index in [-0.39, 0.29) is 18.2 Å². The number of amides is 1. The molecule has 1 aliphatic rings. The molecule has 0 aliphatic heterocycles. The number of hydrogen-bond acceptors (Lipinski definition) is 6. The molecule has 0 spiro atoms. The van der Waals surface area contributed by atoms with E-state index in [9.17, 15) is 9.59 Å². The Kier molecular flexibility index (Phi) is 5.95. The average Bonchev–Trinajstić information content (AvgIpc) is 3.21. The van der Waals surface area contributed by atoms with Crippen molar-refractivity contribution in [2.75, 3.05) is 11.5 Å². The van der Waals surface area contributed by atoms with Gasteiger partial charge in [-0.05, 0) is 43.4 Å². The summed E-state index contributed by atoms with van der Waals surface area (Å²) in [6.45, 7) is 0.0275. The molecule has 7 heteroatoms. The number of ether oxygens (including phenoxy) is 1. The van der Waals surface area contributed by atoms with Gasteiger partial charge in [-0.25, -0.2) is 14.8 Å². The summed E-state index contributed by atoms with van der Waals surface area (Å²) >= 11 is 1.56. The van der Waals surface area contributed by atoms with E-state index < -0.39 is 5.97 Å². The molecule has 4 rings (SSSR count). The van der Waals surface area contributed by atoms with Gasteiger partial charge in [0.05, 0.1) is 12.2 Å². The van der Waals surface area contributed by atoms with Crippen LogP contribution in [0, 0.1) is 0 Å². The fourth-order valence-corrected chi connectivity index (χ4v) is 4.41. The highest BCUT2D eigenvalue weighted by Crippen LogP contribution is 2.32. The molecule has 148 valence electrons. The van der Waals surface area contributed by atoms with Crippen molar-refractivity contribution in [2.45, 2.75) is 32.2 Å². The molecule has 29 heavy (non-hydrogen) atoms. The predicted octanol–water partition coefficient (Wildman–Crippen LogP) is 3.81. The van der Waals surface area contributed by atoms with Crippen LogP contribution in [0.25, 0.3) is 0 Å². The number of pyridine rings is 1. The Morgan fingerprint density at radius 2 is 1.83 bits per heavy atom. The molecule has 0 atom stereocenters. The number of thiazole rings is 1. The second-order valence-corrected chi connectivity index (χ2v) is 7.89. The van der Waals surface area contributed by atoms with E-state index in [4.69, 9.17) is 9.72 Å². The Morgan fingerprint density at radius 3 is 2.59 bits per heavy atom. The molecule has 3 aromatic rings. The van der Waals surface area contributed by atoms with E-state index in [1.54, 1.807) is 34.4 Å². The first-order valence-corrected chi connectivity index (χ1v) is 10.4. The van der Waals surface area contributed by atoms with Gasteiger partial charge in [0.15, 0.2) is 11.7 Å². The van der Waals surface area contributed by atoms with Crippen molar-refractivity contribution in [1.29, 1.82) is 0 Å². The normalized spacial score (nSPS) is 12.8. The van der Waals surface area contributed by atoms with Gasteiger partial charge in [0.1, 0.15) is 5.69 Å². The number of nitrogens with zero attached hydrogens (tertiary/aromatic N) is 3. The zero-order chi connectivity index (χ0) is 20.1. The molecule has 6 nitrogen and oxygen atoms in total. The molecule has 0 fully saturated rings. The summed E-state index contributed by atoms with van der Waals surface area (Å²) in [7, 11) is 0. The van der Waals surface area contributed by atoms with Crippen LogP contribution >= 0.6 is 11.3 Å². The third-order valence-electron chi connectivity index (χ3n) is 4.75. The standard InChI is InChI=1S/C22H21N3O3S/c26-20(15-28-21(27)18-11-6-7-13-23-18)25(14-16-8-2-1-3-9-16)22-24-17-10-4-5-12-19(17)29-22/h1-3,6-9,11,13H,4-5,10,12,14-15H2. The van der Waals surface area contributed by atoms with Gasteiger partial charge in [0, 0.05) is 11.1 Å². The van der Waals surface area contributed by atoms with Crippen molar-refractivity contribution in [3.63, 3.8) is 0 Å². The smallest absolute Gasteiger partial charge is 0.357 e. The first kappa shape index (κ1) is 19.3. The molecule has 1 amide bonds. The molecule has 1 aromatic carbocycles. The van der Waals surface area contributed by atoms with Crippen molar-refractivity contribution in [2.24, 2.45) is 0 Å². The summed E-state index contributed by atoms with van der Waals surface area (Å²) in [6.07, 6.45) is 5.76. The number of esters is 1. The van der Waals surface area contributed by atoms with Crippen LogP contribution in [0.5, 0.6) is 0 Å². The molecule has 0 radical (unpaired) electrons. The van der Waals surface area contributed by atoms with Crippen molar-refractivity contribution in [1.82, 2.24) is 9.97 Å². The van der Waals surface area contributed by atoms with Crippen LogP contribution in [0.2, 0.25) is 0 Å². The summed E-state index contributed by atoms with van der Waals surface area (Å²) in [5, 5.41) is 0.666. The van der Waals surface area contributed by atoms with E-state index in [1.807, 2.05) is 30.3 Å². The molecule has 2 aromatic heterocycles. The molecule has 1 aliphatic carbocycles. The van der Waals surface area contributed by atoms with E-state index in [0.29, 0.717) is 11.7 Å². The summed E-state index contributed by atoms with van der Waals surface area (Å²) < 4.78 is 5.22. The third kappa shape index (κ3) is 4.68. The minimum atomic E-state index is -0.614. The number of aromatic nitrogens is 2. The van der Waals surface area contributed by atoms with Crippen LogP contribution in [-0.2, 0) is 28.9 Å². The zero-order valence-electron chi connectivity index (χ0n) is 15.9. The highest BCUT2D eigenvalue weighted by atomic mass is 32.1. The number of hydrogen-bond donors (Lipinski definition) is 0. The van der Waals surface area contributed by atoms with E-state index in [0.717, 1.165) is 36.9 Å². The third-order valence-corrected chi connectivity index (χ3v) is 5.93. The number of fused-ring (bicyclic) bond motifs is 1. The minimum absolute atomic E-state index is 0.180.